The molecule has 0 fully saturated rings. The summed E-state index contributed by atoms with van der Waals surface area (Å²) in [6.45, 7) is 0.549. The molecule has 128 valence electrons. The zero-order valence-electron chi connectivity index (χ0n) is 13.8. The molecule has 0 aliphatic rings. The minimum atomic E-state index is -0.221. The van der Waals surface area contributed by atoms with Crippen LogP contribution in [-0.4, -0.2) is 26.2 Å². The van der Waals surface area contributed by atoms with Crippen molar-refractivity contribution in [2.24, 2.45) is 0 Å². The first kappa shape index (κ1) is 17.8. The number of unbranched alkanes of at least 4 members (excludes halogenated alkanes) is 1. The number of amides is 1. The molecule has 0 aromatic heterocycles. The minimum Gasteiger partial charge on any atom is -0.493 e. The van der Waals surface area contributed by atoms with E-state index in [4.69, 9.17) is 9.47 Å². The number of rotatable bonds is 9. The van der Waals surface area contributed by atoms with Crippen LogP contribution in [-0.2, 0) is 11.2 Å². The Morgan fingerprint density at radius 2 is 1.75 bits per heavy atom. The fourth-order valence-electron chi connectivity index (χ4n) is 2.27. The van der Waals surface area contributed by atoms with Gasteiger partial charge in [0.1, 0.15) is 5.82 Å². The van der Waals surface area contributed by atoms with Crippen molar-refractivity contribution in [3.63, 3.8) is 0 Å². The number of hydrogen-bond donors (Lipinski definition) is 1. The van der Waals surface area contributed by atoms with Gasteiger partial charge in [-0.15, -0.1) is 0 Å². The van der Waals surface area contributed by atoms with Crippen LogP contribution in [0.3, 0.4) is 0 Å². The third-order valence-corrected chi connectivity index (χ3v) is 3.56. The molecule has 0 atom stereocenters. The van der Waals surface area contributed by atoms with Gasteiger partial charge in [-0.25, -0.2) is 4.39 Å². The number of aryl methyl sites for hydroxylation is 1. The summed E-state index contributed by atoms with van der Waals surface area (Å²) in [6, 6.07) is 13.7. The standard InChI is InChI=1S/C19H22FNO3/c1-23-17-7-2-3-8-18(17)24-14-19(22)21-13-5-4-6-15-9-11-16(20)12-10-15/h2-3,7-12H,4-6,13-14H2,1H3,(H,21,22). The lowest BCUT2D eigenvalue weighted by Crippen LogP contribution is -2.29. The second kappa shape index (κ2) is 9.55. The van der Waals surface area contributed by atoms with Gasteiger partial charge in [0.05, 0.1) is 7.11 Å². The van der Waals surface area contributed by atoms with Crippen LogP contribution in [0.5, 0.6) is 11.5 Å². The van der Waals surface area contributed by atoms with Crippen molar-refractivity contribution in [1.82, 2.24) is 5.32 Å². The fourth-order valence-corrected chi connectivity index (χ4v) is 2.27. The number of carbonyl (C=O) groups excluding carboxylic acids is 1. The molecular formula is C19H22FNO3. The van der Waals surface area contributed by atoms with Crippen LogP contribution in [0.1, 0.15) is 18.4 Å². The minimum absolute atomic E-state index is 0.0433. The Kier molecular flexibility index (Phi) is 7.08. The number of para-hydroxylation sites is 2. The van der Waals surface area contributed by atoms with Crippen molar-refractivity contribution in [1.29, 1.82) is 0 Å². The molecule has 0 unspecified atom stereocenters. The smallest absolute Gasteiger partial charge is 0.257 e. The Balaban J connectivity index is 1.60. The predicted octanol–water partition coefficient (Wildman–Crippen LogP) is 3.35. The maximum absolute atomic E-state index is 12.8. The van der Waals surface area contributed by atoms with E-state index < -0.39 is 0 Å². The van der Waals surface area contributed by atoms with Crippen LogP contribution >= 0.6 is 0 Å². The van der Waals surface area contributed by atoms with Gasteiger partial charge < -0.3 is 14.8 Å². The molecule has 0 bridgehead atoms. The maximum atomic E-state index is 12.8. The van der Waals surface area contributed by atoms with Crippen LogP contribution in [0.2, 0.25) is 0 Å². The SMILES string of the molecule is COc1ccccc1OCC(=O)NCCCCc1ccc(F)cc1. The zero-order valence-corrected chi connectivity index (χ0v) is 13.8. The maximum Gasteiger partial charge on any atom is 0.257 e. The van der Waals surface area contributed by atoms with Crippen LogP contribution in [0.25, 0.3) is 0 Å². The van der Waals surface area contributed by atoms with Crippen molar-refractivity contribution >= 4 is 5.91 Å². The topological polar surface area (TPSA) is 47.6 Å². The summed E-state index contributed by atoms with van der Waals surface area (Å²) in [5.74, 6) is 0.764. The Morgan fingerprint density at radius 1 is 1.04 bits per heavy atom. The third kappa shape index (κ3) is 5.91. The summed E-state index contributed by atoms with van der Waals surface area (Å²) in [4.78, 5) is 11.8. The Morgan fingerprint density at radius 3 is 2.46 bits per heavy atom. The van der Waals surface area contributed by atoms with Crippen molar-refractivity contribution in [2.45, 2.75) is 19.3 Å². The van der Waals surface area contributed by atoms with Gasteiger partial charge in [-0.2, -0.15) is 0 Å². The molecule has 0 heterocycles. The highest BCUT2D eigenvalue weighted by Crippen LogP contribution is 2.25. The van der Waals surface area contributed by atoms with Crippen molar-refractivity contribution < 1.29 is 18.7 Å². The molecule has 5 heteroatoms. The van der Waals surface area contributed by atoms with Crippen LogP contribution in [0.4, 0.5) is 4.39 Å². The third-order valence-electron chi connectivity index (χ3n) is 3.56. The second-order valence-corrected chi connectivity index (χ2v) is 5.37. The molecule has 1 amide bonds. The van der Waals surface area contributed by atoms with E-state index in [9.17, 15) is 9.18 Å². The van der Waals surface area contributed by atoms with E-state index >= 15 is 0 Å². The Bertz CT molecular complexity index is 643. The highest BCUT2D eigenvalue weighted by atomic mass is 19.1. The molecular weight excluding hydrogens is 309 g/mol. The average Bonchev–Trinajstić information content (AvgIpc) is 2.61. The van der Waals surface area contributed by atoms with Gasteiger partial charge in [0.2, 0.25) is 0 Å². The summed E-state index contributed by atoms with van der Waals surface area (Å²) in [7, 11) is 1.56. The normalized spacial score (nSPS) is 10.2. The van der Waals surface area contributed by atoms with Gasteiger partial charge in [-0.1, -0.05) is 24.3 Å². The molecule has 4 nitrogen and oxygen atoms in total. The van der Waals surface area contributed by atoms with Gasteiger partial charge in [-0.05, 0) is 49.1 Å². The van der Waals surface area contributed by atoms with Crippen molar-refractivity contribution in [3.05, 3.63) is 59.9 Å². The molecule has 0 saturated carbocycles. The number of ether oxygens (including phenoxy) is 2. The molecule has 2 aromatic rings. The summed E-state index contributed by atoms with van der Waals surface area (Å²) < 4.78 is 23.4. The molecule has 1 N–H and O–H groups in total. The van der Waals surface area contributed by atoms with E-state index in [1.165, 1.54) is 12.1 Å². The number of methoxy groups -OCH3 is 1. The quantitative estimate of drug-likeness (QED) is 0.717. The molecule has 0 radical (unpaired) electrons. The summed E-state index contributed by atoms with van der Waals surface area (Å²) >= 11 is 0. The largest absolute Gasteiger partial charge is 0.493 e. The van der Waals surface area contributed by atoms with E-state index in [2.05, 4.69) is 5.32 Å². The van der Waals surface area contributed by atoms with E-state index in [-0.39, 0.29) is 18.3 Å². The number of nitrogens with one attached hydrogen (secondary N) is 1. The lowest BCUT2D eigenvalue weighted by atomic mass is 10.1. The Labute approximate surface area is 141 Å². The van der Waals surface area contributed by atoms with E-state index in [1.54, 1.807) is 31.4 Å². The van der Waals surface area contributed by atoms with Gasteiger partial charge in [0.15, 0.2) is 18.1 Å². The zero-order chi connectivity index (χ0) is 17.2. The molecule has 2 aromatic carbocycles. The highest BCUT2D eigenvalue weighted by Gasteiger charge is 2.06. The van der Waals surface area contributed by atoms with Gasteiger partial charge in [0.25, 0.3) is 5.91 Å². The summed E-state index contributed by atoms with van der Waals surface area (Å²) in [6.07, 6.45) is 2.66. The molecule has 2 rings (SSSR count). The number of halogens is 1. The Hall–Kier alpha value is -2.56. The number of benzene rings is 2. The molecule has 0 aliphatic carbocycles. The van der Waals surface area contributed by atoms with Crippen LogP contribution in [0.15, 0.2) is 48.5 Å². The van der Waals surface area contributed by atoms with Gasteiger partial charge >= 0.3 is 0 Å². The van der Waals surface area contributed by atoms with Crippen LogP contribution in [0, 0.1) is 5.82 Å². The van der Waals surface area contributed by atoms with Crippen molar-refractivity contribution in [2.75, 3.05) is 20.3 Å². The molecule has 0 spiro atoms. The van der Waals surface area contributed by atoms with E-state index in [0.717, 1.165) is 24.8 Å². The first-order chi connectivity index (χ1) is 11.7. The van der Waals surface area contributed by atoms with Gasteiger partial charge in [0, 0.05) is 6.54 Å². The predicted molar refractivity (Wildman–Crippen MR) is 90.8 cm³/mol. The lowest BCUT2D eigenvalue weighted by Gasteiger charge is -2.10. The fraction of sp³-hybridized carbons (Fsp3) is 0.316. The molecule has 0 aliphatic heterocycles. The van der Waals surface area contributed by atoms with Crippen molar-refractivity contribution in [3.8, 4) is 11.5 Å². The lowest BCUT2D eigenvalue weighted by molar-refractivity contribution is -0.123. The molecule has 0 saturated heterocycles. The monoisotopic (exact) mass is 331 g/mol. The van der Waals surface area contributed by atoms with Crippen LogP contribution < -0.4 is 14.8 Å². The first-order valence-electron chi connectivity index (χ1n) is 7.96. The first-order valence-corrected chi connectivity index (χ1v) is 7.96. The average molecular weight is 331 g/mol. The van der Waals surface area contributed by atoms with E-state index in [1.807, 2.05) is 12.1 Å². The highest BCUT2D eigenvalue weighted by molar-refractivity contribution is 5.77. The van der Waals surface area contributed by atoms with Gasteiger partial charge in [-0.3, -0.25) is 4.79 Å². The summed E-state index contributed by atoms with van der Waals surface area (Å²) in [5.41, 5.74) is 1.10. The summed E-state index contributed by atoms with van der Waals surface area (Å²) in [5, 5.41) is 2.82. The second-order valence-electron chi connectivity index (χ2n) is 5.37. The number of hydrogen-bond acceptors (Lipinski definition) is 3. The van der Waals surface area contributed by atoms with E-state index in [0.29, 0.717) is 18.0 Å². The molecule has 24 heavy (non-hydrogen) atoms. The number of carbonyl (C=O) groups is 1.